The van der Waals surface area contributed by atoms with Crippen LogP contribution in [0.1, 0.15) is 26.2 Å². The third-order valence-corrected chi connectivity index (χ3v) is 3.06. The second-order valence-corrected chi connectivity index (χ2v) is 4.09. The molecule has 0 amide bonds. The first-order valence-electron chi connectivity index (χ1n) is 5.33. The first kappa shape index (κ1) is 11.0. The van der Waals surface area contributed by atoms with E-state index >= 15 is 0 Å². The molecule has 3 heteroatoms. The predicted octanol–water partition coefficient (Wildman–Crippen LogP) is 0.428. The number of hydrogen-bond acceptors (Lipinski definition) is 3. The Morgan fingerprint density at radius 2 is 2.38 bits per heavy atom. The Kier molecular flexibility index (Phi) is 4.70. The predicted molar refractivity (Wildman–Crippen MR) is 54.5 cm³/mol. The summed E-state index contributed by atoms with van der Waals surface area (Å²) in [7, 11) is 0. The topological polar surface area (TPSA) is 49.5 Å². The zero-order chi connectivity index (χ0) is 9.68. The number of aliphatic hydroxyl groups is 1. The van der Waals surface area contributed by atoms with Gasteiger partial charge >= 0.3 is 0 Å². The van der Waals surface area contributed by atoms with Gasteiger partial charge in [0.2, 0.25) is 0 Å². The molecule has 1 saturated heterocycles. The molecule has 1 heterocycles. The summed E-state index contributed by atoms with van der Waals surface area (Å²) >= 11 is 0. The smallest absolute Gasteiger partial charge is 0.0434 e. The van der Waals surface area contributed by atoms with Crippen molar-refractivity contribution in [1.29, 1.82) is 0 Å². The van der Waals surface area contributed by atoms with Crippen molar-refractivity contribution in [3.63, 3.8) is 0 Å². The molecule has 0 spiro atoms. The fraction of sp³-hybridized carbons (Fsp3) is 1.00. The zero-order valence-corrected chi connectivity index (χ0v) is 8.58. The molecule has 0 aliphatic carbocycles. The lowest BCUT2D eigenvalue weighted by Crippen LogP contribution is -2.32. The van der Waals surface area contributed by atoms with E-state index in [2.05, 4.69) is 11.8 Å². The Labute approximate surface area is 80.9 Å². The number of nitrogens with zero attached hydrogens (tertiary/aromatic N) is 1. The average molecular weight is 186 g/mol. The molecular formula is C10H22N2O. The van der Waals surface area contributed by atoms with E-state index in [1.807, 2.05) is 0 Å². The third kappa shape index (κ3) is 3.25. The first-order chi connectivity index (χ1) is 6.27. The van der Waals surface area contributed by atoms with Gasteiger partial charge in [-0.1, -0.05) is 0 Å². The van der Waals surface area contributed by atoms with Crippen molar-refractivity contribution in [2.75, 3.05) is 26.2 Å². The van der Waals surface area contributed by atoms with Crippen molar-refractivity contribution in [3.05, 3.63) is 0 Å². The van der Waals surface area contributed by atoms with Gasteiger partial charge in [-0.3, -0.25) is 0 Å². The van der Waals surface area contributed by atoms with Crippen LogP contribution in [0.3, 0.4) is 0 Å². The van der Waals surface area contributed by atoms with E-state index in [0.717, 1.165) is 25.9 Å². The molecule has 2 atom stereocenters. The Bertz CT molecular complexity index is 141. The van der Waals surface area contributed by atoms with E-state index in [4.69, 9.17) is 10.8 Å². The molecule has 0 saturated carbocycles. The van der Waals surface area contributed by atoms with Gasteiger partial charge in [-0.05, 0) is 45.2 Å². The molecule has 3 N–H and O–H groups in total. The van der Waals surface area contributed by atoms with Gasteiger partial charge in [-0.25, -0.2) is 0 Å². The summed E-state index contributed by atoms with van der Waals surface area (Å²) in [4.78, 5) is 2.49. The highest BCUT2D eigenvalue weighted by atomic mass is 16.3. The number of aliphatic hydroxyl groups excluding tert-OH is 1. The molecule has 78 valence electrons. The van der Waals surface area contributed by atoms with Crippen LogP contribution in [-0.4, -0.2) is 42.3 Å². The molecule has 0 aromatic carbocycles. The maximum Gasteiger partial charge on any atom is 0.0434 e. The van der Waals surface area contributed by atoms with Crippen molar-refractivity contribution in [3.8, 4) is 0 Å². The normalized spacial score (nSPS) is 26.5. The van der Waals surface area contributed by atoms with E-state index in [1.165, 1.54) is 13.0 Å². The van der Waals surface area contributed by atoms with Crippen LogP contribution in [-0.2, 0) is 0 Å². The van der Waals surface area contributed by atoms with E-state index in [9.17, 15) is 0 Å². The van der Waals surface area contributed by atoms with Gasteiger partial charge < -0.3 is 15.7 Å². The zero-order valence-electron chi connectivity index (χ0n) is 8.58. The molecule has 1 rings (SSSR count). The quantitative estimate of drug-likeness (QED) is 0.654. The van der Waals surface area contributed by atoms with Crippen LogP contribution in [0.5, 0.6) is 0 Å². The van der Waals surface area contributed by atoms with Crippen LogP contribution in [0.25, 0.3) is 0 Å². The fourth-order valence-corrected chi connectivity index (χ4v) is 2.10. The van der Waals surface area contributed by atoms with Crippen LogP contribution in [0.15, 0.2) is 0 Å². The van der Waals surface area contributed by atoms with Crippen molar-refractivity contribution < 1.29 is 5.11 Å². The Hall–Kier alpha value is -0.120. The molecule has 3 nitrogen and oxygen atoms in total. The fourth-order valence-electron chi connectivity index (χ4n) is 2.10. The van der Waals surface area contributed by atoms with E-state index in [0.29, 0.717) is 18.6 Å². The Balaban J connectivity index is 2.23. The average Bonchev–Trinajstić information content (AvgIpc) is 2.54. The summed E-state index contributed by atoms with van der Waals surface area (Å²) in [6.45, 7) is 5.70. The maximum atomic E-state index is 8.82. The van der Waals surface area contributed by atoms with Gasteiger partial charge in [0.25, 0.3) is 0 Å². The van der Waals surface area contributed by atoms with Crippen molar-refractivity contribution >= 4 is 0 Å². The van der Waals surface area contributed by atoms with Gasteiger partial charge in [0.05, 0.1) is 0 Å². The summed E-state index contributed by atoms with van der Waals surface area (Å²) in [6.07, 6.45) is 3.30. The molecule has 0 radical (unpaired) electrons. The van der Waals surface area contributed by atoms with Crippen LogP contribution in [0.4, 0.5) is 0 Å². The number of rotatable bonds is 5. The minimum absolute atomic E-state index is 0.337. The van der Waals surface area contributed by atoms with E-state index in [1.54, 1.807) is 0 Å². The van der Waals surface area contributed by atoms with Crippen molar-refractivity contribution in [2.45, 2.75) is 32.2 Å². The minimum atomic E-state index is 0.337. The second-order valence-electron chi connectivity index (χ2n) is 4.09. The lowest BCUT2D eigenvalue weighted by molar-refractivity contribution is 0.222. The maximum absolute atomic E-state index is 8.82. The number of likely N-dealkylation sites (tertiary alicyclic amines) is 1. The van der Waals surface area contributed by atoms with Gasteiger partial charge in [0.1, 0.15) is 0 Å². The highest BCUT2D eigenvalue weighted by Gasteiger charge is 2.24. The lowest BCUT2D eigenvalue weighted by Gasteiger charge is -2.23. The largest absolute Gasteiger partial charge is 0.396 e. The molecule has 0 aromatic rings. The van der Waals surface area contributed by atoms with Crippen molar-refractivity contribution in [2.24, 2.45) is 11.7 Å². The SMILES string of the molecule is CC(CCN)N1CCC(CCO)C1. The van der Waals surface area contributed by atoms with Gasteiger partial charge in [-0.15, -0.1) is 0 Å². The van der Waals surface area contributed by atoms with Crippen LogP contribution in [0.2, 0.25) is 0 Å². The van der Waals surface area contributed by atoms with Gasteiger partial charge in [0, 0.05) is 19.2 Å². The molecule has 0 bridgehead atoms. The summed E-state index contributed by atoms with van der Waals surface area (Å²) in [5, 5.41) is 8.82. The molecule has 1 aliphatic rings. The number of hydrogen-bond donors (Lipinski definition) is 2. The Morgan fingerprint density at radius 1 is 1.62 bits per heavy atom. The van der Waals surface area contributed by atoms with Crippen LogP contribution in [0, 0.1) is 5.92 Å². The Morgan fingerprint density at radius 3 is 3.00 bits per heavy atom. The van der Waals surface area contributed by atoms with Crippen LogP contribution < -0.4 is 5.73 Å². The number of nitrogens with two attached hydrogens (primary N) is 1. The lowest BCUT2D eigenvalue weighted by atomic mass is 10.1. The molecule has 0 aromatic heterocycles. The summed E-state index contributed by atoms with van der Waals surface area (Å²) in [6, 6.07) is 0.619. The van der Waals surface area contributed by atoms with Crippen LogP contribution >= 0.6 is 0 Å². The highest BCUT2D eigenvalue weighted by molar-refractivity contribution is 4.79. The highest BCUT2D eigenvalue weighted by Crippen LogP contribution is 2.21. The molecular weight excluding hydrogens is 164 g/mol. The first-order valence-corrected chi connectivity index (χ1v) is 5.33. The van der Waals surface area contributed by atoms with Gasteiger partial charge in [0.15, 0.2) is 0 Å². The summed E-state index contributed by atoms with van der Waals surface area (Å²) in [5.41, 5.74) is 5.52. The second kappa shape index (κ2) is 5.58. The van der Waals surface area contributed by atoms with E-state index < -0.39 is 0 Å². The molecule has 13 heavy (non-hydrogen) atoms. The molecule has 1 fully saturated rings. The third-order valence-electron chi connectivity index (χ3n) is 3.06. The summed E-state index contributed by atoms with van der Waals surface area (Å²) in [5.74, 6) is 0.713. The summed E-state index contributed by atoms with van der Waals surface area (Å²) < 4.78 is 0. The molecule has 1 aliphatic heterocycles. The van der Waals surface area contributed by atoms with Gasteiger partial charge in [-0.2, -0.15) is 0 Å². The van der Waals surface area contributed by atoms with E-state index in [-0.39, 0.29) is 0 Å². The standard InChI is InChI=1S/C10H22N2O/c1-9(2-5-11)12-6-3-10(8-12)4-7-13/h9-10,13H,2-8,11H2,1H3. The monoisotopic (exact) mass is 186 g/mol. The van der Waals surface area contributed by atoms with Crippen molar-refractivity contribution in [1.82, 2.24) is 4.90 Å². The molecule has 2 unspecified atom stereocenters. The minimum Gasteiger partial charge on any atom is -0.396 e.